The van der Waals surface area contributed by atoms with Gasteiger partial charge in [-0.2, -0.15) is 0 Å². The van der Waals surface area contributed by atoms with Crippen molar-refractivity contribution >= 4 is 5.97 Å². The van der Waals surface area contributed by atoms with Gasteiger partial charge in [0.2, 0.25) is 0 Å². The molecule has 82 valence electrons. The van der Waals surface area contributed by atoms with Crippen LogP contribution >= 0.6 is 0 Å². The number of benzene rings is 1. The van der Waals surface area contributed by atoms with E-state index in [1.165, 1.54) is 5.56 Å². The topological polar surface area (TPSA) is 49.3 Å². The average molecular weight is 207 g/mol. The second kappa shape index (κ2) is 6.19. The first-order chi connectivity index (χ1) is 7.20. The molecule has 1 aromatic rings. The molecular formula is C12H17NO2. The second-order valence-corrected chi connectivity index (χ2v) is 3.58. The van der Waals surface area contributed by atoms with Crippen LogP contribution in [-0.4, -0.2) is 17.6 Å². The smallest absolute Gasteiger partial charge is 0.303 e. The van der Waals surface area contributed by atoms with Gasteiger partial charge in [-0.25, -0.2) is 0 Å². The van der Waals surface area contributed by atoms with Crippen molar-refractivity contribution in [2.45, 2.75) is 25.8 Å². The van der Waals surface area contributed by atoms with E-state index in [4.69, 9.17) is 5.11 Å². The normalized spacial score (nSPS) is 12.3. The summed E-state index contributed by atoms with van der Waals surface area (Å²) in [5, 5.41) is 11.8. The van der Waals surface area contributed by atoms with Crippen molar-refractivity contribution in [2.75, 3.05) is 6.54 Å². The number of aliphatic carboxylic acids is 1. The molecule has 0 saturated heterocycles. The van der Waals surface area contributed by atoms with Gasteiger partial charge < -0.3 is 10.4 Å². The predicted octanol–water partition coefficient (Wildman–Crippen LogP) is 2.20. The Labute approximate surface area is 90.1 Å². The van der Waals surface area contributed by atoms with E-state index in [0.717, 1.165) is 6.54 Å². The summed E-state index contributed by atoms with van der Waals surface area (Å²) in [7, 11) is 0. The van der Waals surface area contributed by atoms with Crippen LogP contribution in [0.2, 0.25) is 0 Å². The summed E-state index contributed by atoms with van der Waals surface area (Å²) in [6, 6.07) is 10.4. The van der Waals surface area contributed by atoms with Gasteiger partial charge in [0.25, 0.3) is 0 Å². The van der Waals surface area contributed by atoms with Gasteiger partial charge in [-0.15, -0.1) is 0 Å². The zero-order valence-electron chi connectivity index (χ0n) is 8.94. The molecule has 1 aromatic carbocycles. The van der Waals surface area contributed by atoms with Crippen molar-refractivity contribution in [1.82, 2.24) is 5.32 Å². The number of carboxylic acids is 1. The van der Waals surface area contributed by atoms with Gasteiger partial charge in [-0.1, -0.05) is 30.3 Å². The third-order valence-corrected chi connectivity index (χ3v) is 2.32. The Morgan fingerprint density at radius 1 is 1.40 bits per heavy atom. The first-order valence-corrected chi connectivity index (χ1v) is 5.20. The number of carboxylic acid groups (broad SMARTS) is 1. The van der Waals surface area contributed by atoms with Crippen LogP contribution in [0.3, 0.4) is 0 Å². The number of nitrogens with one attached hydrogen (secondary N) is 1. The molecule has 3 nitrogen and oxygen atoms in total. The van der Waals surface area contributed by atoms with Crippen LogP contribution in [0.1, 0.15) is 31.4 Å². The highest BCUT2D eigenvalue weighted by atomic mass is 16.4. The Kier molecular flexibility index (Phi) is 4.84. The van der Waals surface area contributed by atoms with Gasteiger partial charge in [0.05, 0.1) is 0 Å². The molecule has 1 atom stereocenters. The molecular weight excluding hydrogens is 190 g/mol. The Balaban J connectivity index is 2.25. The quantitative estimate of drug-likeness (QED) is 0.703. The van der Waals surface area contributed by atoms with E-state index in [0.29, 0.717) is 6.42 Å². The molecule has 0 bridgehead atoms. The first kappa shape index (κ1) is 11.7. The standard InChI is InChI=1S/C12H17NO2/c1-10(11-6-3-2-4-7-11)13-9-5-8-12(14)15/h2-4,6-7,10,13H,5,8-9H2,1H3,(H,14,15)/t10-/m1/s1. The Hall–Kier alpha value is -1.35. The fraction of sp³-hybridized carbons (Fsp3) is 0.417. The molecule has 1 rings (SSSR count). The molecule has 2 N–H and O–H groups in total. The van der Waals surface area contributed by atoms with Crippen LogP contribution in [-0.2, 0) is 4.79 Å². The molecule has 0 aliphatic rings. The van der Waals surface area contributed by atoms with Crippen LogP contribution in [0, 0.1) is 0 Å². The highest BCUT2D eigenvalue weighted by Gasteiger charge is 2.03. The SMILES string of the molecule is C[C@@H](NCCCC(=O)O)c1ccccc1. The third kappa shape index (κ3) is 4.61. The van der Waals surface area contributed by atoms with Gasteiger partial charge >= 0.3 is 5.97 Å². The Morgan fingerprint density at radius 3 is 2.67 bits per heavy atom. The van der Waals surface area contributed by atoms with Gasteiger partial charge in [-0.05, 0) is 25.5 Å². The Morgan fingerprint density at radius 2 is 2.07 bits per heavy atom. The summed E-state index contributed by atoms with van der Waals surface area (Å²) in [5.74, 6) is -0.732. The average Bonchev–Trinajstić information content (AvgIpc) is 2.25. The fourth-order valence-electron chi connectivity index (χ4n) is 1.42. The molecule has 15 heavy (non-hydrogen) atoms. The predicted molar refractivity (Wildman–Crippen MR) is 59.7 cm³/mol. The van der Waals surface area contributed by atoms with Crippen LogP contribution in [0.15, 0.2) is 30.3 Å². The molecule has 0 aliphatic heterocycles. The molecule has 0 radical (unpaired) electrons. The lowest BCUT2D eigenvalue weighted by atomic mass is 10.1. The maximum atomic E-state index is 10.3. The summed E-state index contributed by atoms with van der Waals surface area (Å²) >= 11 is 0. The lowest BCUT2D eigenvalue weighted by Gasteiger charge is -2.13. The van der Waals surface area contributed by atoms with Gasteiger partial charge in [0.1, 0.15) is 0 Å². The molecule has 0 aliphatic carbocycles. The molecule has 3 heteroatoms. The van der Waals surface area contributed by atoms with E-state index in [9.17, 15) is 4.79 Å². The van der Waals surface area contributed by atoms with Crippen LogP contribution in [0.5, 0.6) is 0 Å². The van der Waals surface area contributed by atoms with E-state index in [1.807, 2.05) is 18.2 Å². The monoisotopic (exact) mass is 207 g/mol. The maximum Gasteiger partial charge on any atom is 0.303 e. The summed E-state index contributed by atoms with van der Waals surface area (Å²) in [6.45, 7) is 2.82. The third-order valence-electron chi connectivity index (χ3n) is 2.32. The second-order valence-electron chi connectivity index (χ2n) is 3.58. The molecule has 0 amide bonds. The van der Waals surface area contributed by atoms with Crippen molar-refractivity contribution in [3.05, 3.63) is 35.9 Å². The lowest BCUT2D eigenvalue weighted by molar-refractivity contribution is -0.137. The molecule has 0 unspecified atom stereocenters. The minimum absolute atomic E-state index is 0.231. The molecule has 0 saturated carbocycles. The van der Waals surface area contributed by atoms with Crippen LogP contribution in [0.25, 0.3) is 0 Å². The summed E-state index contributed by atoms with van der Waals surface area (Å²) in [5.41, 5.74) is 1.23. The van der Waals surface area contributed by atoms with E-state index in [2.05, 4.69) is 24.4 Å². The molecule has 0 heterocycles. The van der Waals surface area contributed by atoms with Crippen molar-refractivity contribution in [3.63, 3.8) is 0 Å². The van der Waals surface area contributed by atoms with Crippen molar-refractivity contribution in [3.8, 4) is 0 Å². The maximum absolute atomic E-state index is 10.3. The van der Waals surface area contributed by atoms with Crippen molar-refractivity contribution in [1.29, 1.82) is 0 Å². The summed E-state index contributed by atoms with van der Waals surface area (Å²) in [6.07, 6.45) is 0.904. The largest absolute Gasteiger partial charge is 0.481 e. The number of hydrogen-bond acceptors (Lipinski definition) is 2. The fourth-order valence-corrected chi connectivity index (χ4v) is 1.42. The van der Waals surface area contributed by atoms with Gasteiger partial charge in [0.15, 0.2) is 0 Å². The highest BCUT2D eigenvalue weighted by molar-refractivity contribution is 5.66. The lowest BCUT2D eigenvalue weighted by Crippen LogP contribution is -2.20. The number of carbonyl (C=O) groups is 1. The highest BCUT2D eigenvalue weighted by Crippen LogP contribution is 2.10. The zero-order valence-corrected chi connectivity index (χ0v) is 8.94. The summed E-state index contributed by atoms with van der Waals surface area (Å²) in [4.78, 5) is 10.3. The van der Waals surface area contributed by atoms with E-state index in [1.54, 1.807) is 0 Å². The minimum atomic E-state index is -0.732. The zero-order chi connectivity index (χ0) is 11.1. The van der Waals surface area contributed by atoms with Crippen LogP contribution in [0.4, 0.5) is 0 Å². The molecule has 0 aromatic heterocycles. The minimum Gasteiger partial charge on any atom is -0.481 e. The van der Waals surface area contributed by atoms with Gasteiger partial charge in [-0.3, -0.25) is 4.79 Å². The van der Waals surface area contributed by atoms with Crippen LogP contribution < -0.4 is 5.32 Å². The van der Waals surface area contributed by atoms with Crippen molar-refractivity contribution < 1.29 is 9.90 Å². The summed E-state index contributed by atoms with van der Waals surface area (Å²) < 4.78 is 0. The number of hydrogen-bond donors (Lipinski definition) is 2. The van der Waals surface area contributed by atoms with Crippen molar-refractivity contribution in [2.24, 2.45) is 0 Å². The van der Waals surface area contributed by atoms with E-state index in [-0.39, 0.29) is 12.5 Å². The Bertz CT molecular complexity index is 298. The molecule has 0 fully saturated rings. The van der Waals surface area contributed by atoms with Gasteiger partial charge in [0, 0.05) is 12.5 Å². The first-order valence-electron chi connectivity index (χ1n) is 5.20. The van der Waals surface area contributed by atoms with E-state index < -0.39 is 5.97 Å². The van der Waals surface area contributed by atoms with E-state index >= 15 is 0 Å². The molecule has 0 spiro atoms. The number of rotatable bonds is 6.